The predicted molar refractivity (Wildman–Crippen MR) is 64.7 cm³/mol. The van der Waals surface area contributed by atoms with Crippen LogP contribution < -0.4 is 5.73 Å². The van der Waals surface area contributed by atoms with E-state index in [1.54, 1.807) is 6.07 Å². The molecule has 0 radical (unpaired) electrons. The first-order valence-corrected chi connectivity index (χ1v) is 5.24. The second kappa shape index (κ2) is 3.76. The zero-order valence-corrected chi connectivity index (χ0v) is 9.80. The molecule has 16 heavy (non-hydrogen) atoms. The molecule has 0 spiro atoms. The van der Waals surface area contributed by atoms with Crippen LogP contribution in [0.3, 0.4) is 0 Å². The van der Waals surface area contributed by atoms with Crippen molar-refractivity contribution in [3.63, 3.8) is 0 Å². The molecule has 1 heterocycles. The highest BCUT2D eigenvalue weighted by molar-refractivity contribution is 6.31. The van der Waals surface area contributed by atoms with Crippen LogP contribution >= 0.6 is 11.6 Å². The smallest absolute Gasteiger partial charge is 0.267 e. The number of halogens is 1. The summed E-state index contributed by atoms with van der Waals surface area (Å²) >= 11 is 5.98. The number of nitrogens with two attached hydrogens (primary N) is 1. The van der Waals surface area contributed by atoms with E-state index in [0.29, 0.717) is 5.02 Å². The lowest BCUT2D eigenvalue weighted by molar-refractivity contribution is 0.0996. The molecule has 1 aromatic carbocycles. The minimum absolute atomic E-state index is 0.287. The first kappa shape index (κ1) is 10.9. The van der Waals surface area contributed by atoms with Gasteiger partial charge in [0.1, 0.15) is 5.69 Å². The van der Waals surface area contributed by atoms with E-state index in [4.69, 9.17) is 17.3 Å². The van der Waals surface area contributed by atoms with Crippen molar-refractivity contribution in [1.82, 2.24) is 4.98 Å². The maximum Gasteiger partial charge on any atom is 0.267 e. The van der Waals surface area contributed by atoms with Crippen molar-refractivity contribution in [3.05, 3.63) is 40.0 Å². The van der Waals surface area contributed by atoms with E-state index in [1.165, 1.54) is 0 Å². The molecule has 0 unspecified atom stereocenters. The highest BCUT2D eigenvalue weighted by Gasteiger charge is 2.09. The lowest BCUT2D eigenvalue weighted by atomic mass is 10.1. The van der Waals surface area contributed by atoms with Crippen LogP contribution in [0.5, 0.6) is 0 Å². The molecule has 2 aromatic rings. The molecule has 0 saturated carbocycles. The third-order valence-electron chi connectivity index (χ3n) is 2.53. The van der Waals surface area contributed by atoms with Crippen LogP contribution in [0.2, 0.25) is 5.02 Å². The predicted octanol–water partition coefficient (Wildman–Crippen LogP) is 2.60. The molecule has 0 aliphatic heterocycles. The Bertz CT molecular complexity index is 593. The van der Waals surface area contributed by atoms with Crippen LogP contribution in [-0.2, 0) is 0 Å². The summed E-state index contributed by atoms with van der Waals surface area (Å²) in [5.74, 6) is -0.514. The number of fused-ring (bicyclic) bond motifs is 1. The van der Waals surface area contributed by atoms with Gasteiger partial charge in [0, 0.05) is 10.4 Å². The number of carbonyl (C=O) groups is 1. The van der Waals surface area contributed by atoms with Crippen LogP contribution in [0.25, 0.3) is 10.9 Å². The van der Waals surface area contributed by atoms with Crippen LogP contribution in [0.15, 0.2) is 18.2 Å². The summed E-state index contributed by atoms with van der Waals surface area (Å²) in [6.07, 6.45) is 0. The van der Waals surface area contributed by atoms with Gasteiger partial charge in [-0.25, -0.2) is 4.98 Å². The number of aromatic nitrogens is 1. The molecule has 0 aliphatic carbocycles. The highest BCUT2D eigenvalue weighted by atomic mass is 35.5. The summed E-state index contributed by atoms with van der Waals surface area (Å²) < 4.78 is 0. The highest BCUT2D eigenvalue weighted by Crippen LogP contribution is 2.25. The van der Waals surface area contributed by atoms with Crippen LogP contribution in [0.1, 0.15) is 21.6 Å². The number of hydrogen-bond donors (Lipinski definition) is 1. The minimum atomic E-state index is -0.514. The molecule has 2 N–H and O–H groups in total. The quantitative estimate of drug-likeness (QED) is 0.825. The molecule has 0 atom stereocenters. The average molecular weight is 235 g/mol. The second-order valence-corrected chi connectivity index (χ2v) is 4.24. The van der Waals surface area contributed by atoms with Gasteiger partial charge in [-0.05, 0) is 43.2 Å². The molecule has 0 aliphatic rings. The third kappa shape index (κ3) is 1.74. The summed E-state index contributed by atoms with van der Waals surface area (Å²) in [7, 11) is 0. The van der Waals surface area contributed by atoms with E-state index in [0.717, 1.165) is 22.0 Å². The van der Waals surface area contributed by atoms with Gasteiger partial charge in [0.05, 0.1) is 5.52 Å². The third-order valence-corrected chi connectivity index (χ3v) is 2.75. The van der Waals surface area contributed by atoms with E-state index in [1.807, 2.05) is 26.0 Å². The maximum absolute atomic E-state index is 11.1. The topological polar surface area (TPSA) is 56.0 Å². The fourth-order valence-electron chi connectivity index (χ4n) is 1.75. The van der Waals surface area contributed by atoms with Gasteiger partial charge in [0.25, 0.3) is 5.91 Å². The normalized spacial score (nSPS) is 10.7. The Balaban J connectivity index is 2.87. The fraction of sp³-hybridized carbons (Fsp3) is 0.167. The monoisotopic (exact) mass is 234 g/mol. The van der Waals surface area contributed by atoms with Crippen LogP contribution in [0.4, 0.5) is 0 Å². The first-order chi connectivity index (χ1) is 7.49. The van der Waals surface area contributed by atoms with E-state index in [2.05, 4.69) is 4.98 Å². The molecular formula is C12H11ClN2O. The SMILES string of the molecule is Cc1cc(C(N)=O)nc2c(C)cc(Cl)cc12. The van der Waals surface area contributed by atoms with E-state index in [9.17, 15) is 4.79 Å². The summed E-state index contributed by atoms with van der Waals surface area (Å²) in [4.78, 5) is 15.4. The molecular weight excluding hydrogens is 224 g/mol. The second-order valence-electron chi connectivity index (χ2n) is 3.81. The Morgan fingerprint density at radius 3 is 2.56 bits per heavy atom. The number of aryl methyl sites for hydroxylation is 2. The molecule has 1 aromatic heterocycles. The number of hydrogen-bond acceptors (Lipinski definition) is 2. The largest absolute Gasteiger partial charge is 0.364 e. The van der Waals surface area contributed by atoms with Gasteiger partial charge in [-0.15, -0.1) is 0 Å². The van der Waals surface area contributed by atoms with Crippen molar-refractivity contribution < 1.29 is 4.79 Å². The summed E-state index contributed by atoms with van der Waals surface area (Å²) in [5, 5.41) is 1.62. The number of benzene rings is 1. The minimum Gasteiger partial charge on any atom is -0.364 e. The van der Waals surface area contributed by atoms with Crippen molar-refractivity contribution in [1.29, 1.82) is 0 Å². The van der Waals surface area contributed by atoms with Gasteiger partial charge < -0.3 is 5.73 Å². The van der Waals surface area contributed by atoms with E-state index >= 15 is 0 Å². The molecule has 0 saturated heterocycles. The van der Waals surface area contributed by atoms with E-state index in [-0.39, 0.29) is 5.69 Å². The van der Waals surface area contributed by atoms with E-state index < -0.39 is 5.91 Å². The van der Waals surface area contributed by atoms with Gasteiger partial charge in [-0.3, -0.25) is 4.79 Å². The number of nitrogens with zero attached hydrogens (tertiary/aromatic N) is 1. The molecule has 2 rings (SSSR count). The van der Waals surface area contributed by atoms with Gasteiger partial charge in [-0.2, -0.15) is 0 Å². The van der Waals surface area contributed by atoms with Crippen molar-refractivity contribution >= 4 is 28.4 Å². The van der Waals surface area contributed by atoms with Gasteiger partial charge >= 0.3 is 0 Å². The standard InChI is InChI=1S/C12H11ClN2O/c1-6-4-10(12(14)16)15-11-7(2)3-8(13)5-9(6)11/h3-5H,1-2H3,(H2,14,16). The Morgan fingerprint density at radius 2 is 1.94 bits per heavy atom. The molecule has 3 nitrogen and oxygen atoms in total. The Kier molecular flexibility index (Phi) is 2.56. The van der Waals surface area contributed by atoms with Gasteiger partial charge in [-0.1, -0.05) is 11.6 Å². The molecule has 0 fully saturated rings. The molecule has 1 amide bonds. The van der Waals surface area contributed by atoms with Crippen molar-refractivity contribution in [3.8, 4) is 0 Å². The number of carbonyl (C=O) groups excluding carboxylic acids is 1. The number of pyridine rings is 1. The summed E-state index contributed by atoms with van der Waals surface area (Å²) in [6, 6.07) is 5.35. The lowest BCUT2D eigenvalue weighted by Gasteiger charge is -2.07. The zero-order chi connectivity index (χ0) is 11.9. The molecule has 0 bridgehead atoms. The Labute approximate surface area is 98.2 Å². The average Bonchev–Trinajstić information content (AvgIpc) is 2.19. The Hall–Kier alpha value is -1.61. The summed E-state index contributed by atoms with van der Waals surface area (Å²) in [6.45, 7) is 3.82. The zero-order valence-electron chi connectivity index (χ0n) is 9.04. The fourth-order valence-corrected chi connectivity index (χ4v) is 2.02. The van der Waals surface area contributed by atoms with Gasteiger partial charge in [0.15, 0.2) is 0 Å². The maximum atomic E-state index is 11.1. The van der Waals surface area contributed by atoms with Crippen LogP contribution in [-0.4, -0.2) is 10.9 Å². The van der Waals surface area contributed by atoms with Crippen molar-refractivity contribution in [2.75, 3.05) is 0 Å². The molecule has 82 valence electrons. The number of rotatable bonds is 1. The van der Waals surface area contributed by atoms with Gasteiger partial charge in [0.2, 0.25) is 0 Å². The Morgan fingerprint density at radius 1 is 1.25 bits per heavy atom. The van der Waals surface area contributed by atoms with Crippen molar-refractivity contribution in [2.45, 2.75) is 13.8 Å². The summed E-state index contributed by atoms with van der Waals surface area (Å²) in [5.41, 5.74) is 8.18. The van der Waals surface area contributed by atoms with Crippen LogP contribution in [0, 0.1) is 13.8 Å². The van der Waals surface area contributed by atoms with Crippen molar-refractivity contribution in [2.24, 2.45) is 5.73 Å². The number of primary amides is 1. The molecule has 4 heteroatoms. The lowest BCUT2D eigenvalue weighted by Crippen LogP contribution is -2.13. The first-order valence-electron chi connectivity index (χ1n) is 4.86. The number of amides is 1.